The van der Waals surface area contributed by atoms with E-state index in [0.29, 0.717) is 18.0 Å². The van der Waals surface area contributed by atoms with Crippen LogP contribution >= 0.6 is 0 Å². The number of hydrogen-bond acceptors (Lipinski definition) is 4. The van der Waals surface area contributed by atoms with Crippen molar-refractivity contribution in [1.29, 1.82) is 0 Å². The van der Waals surface area contributed by atoms with Crippen LogP contribution in [0.1, 0.15) is 31.9 Å². The standard InChI is InChI=1S/C20H24N2O3/c1-12-6-5-7-15-18(12)25-17(11-21-15)19(24)22-13-8-9-14(16(23)10-13)20(2,3)4/h5-10,17,21,23H,11H2,1-4H3,(H,22,24). The first-order valence-electron chi connectivity index (χ1n) is 8.40. The molecule has 0 radical (unpaired) electrons. The highest BCUT2D eigenvalue weighted by Crippen LogP contribution is 2.34. The summed E-state index contributed by atoms with van der Waals surface area (Å²) in [5.41, 5.74) is 3.11. The molecule has 1 unspecified atom stereocenters. The van der Waals surface area contributed by atoms with Gasteiger partial charge in [-0.3, -0.25) is 4.79 Å². The van der Waals surface area contributed by atoms with Gasteiger partial charge in [0.25, 0.3) is 5.91 Å². The summed E-state index contributed by atoms with van der Waals surface area (Å²) in [6, 6.07) is 11.0. The Labute approximate surface area is 148 Å². The first-order chi connectivity index (χ1) is 11.8. The quantitative estimate of drug-likeness (QED) is 0.777. The highest BCUT2D eigenvalue weighted by atomic mass is 16.5. The molecule has 1 atom stereocenters. The Balaban J connectivity index is 1.73. The van der Waals surface area contributed by atoms with Crippen LogP contribution in [-0.2, 0) is 10.2 Å². The number of phenolic OH excluding ortho intramolecular Hbond substituents is 1. The molecule has 5 heteroatoms. The van der Waals surface area contributed by atoms with Gasteiger partial charge in [0, 0.05) is 11.8 Å². The summed E-state index contributed by atoms with van der Waals surface area (Å²) in [6.45, 7) is 8.43. The molecule has 0 aliphatic carbocycles. The largest absolute Gasteiger partial charge is 0.508 e. The number of phenols is 1. The average molecular weight is 340 g/mol. The lowest BCUT2D eigenvalue weighted by Gasteiger charge is -2.28. The van der Waals surface area contributed by atoms with E-state index in [2.05, 4.69) is 10.6 Å². The molecule has 2 aromatic rings. The molecule has 1 heterocycles. The third-order valence-corrected chi connectivity index (χ3v) is 4.32. The molecule has 1 aliphatic heterocycles. The maximum Gasteiger partial charge on any atom is 0.267 e. The molecule has 2 aromatic carbocycles. The fourth-order valence-corrected chi connectivity index (χ4v) is 2.95. The van der Waals surface area contributed by atoms with Crippen LogP contribution in [0.5, 0.6) is 11.5 Å². The van der Waals surface area contributed by atoms with Gasteiger partial charge in [-0.2, -0.15) is 0 Å². The molecule has 25 heavy (non-hydrogen) atoms. The minimum Gasteiger partial charge on any atom is -0.508 e. The minimum absolute atomic E-state index is 0.162. The number of carbonyl (C=O) groups excluding carboxylic acids is 1. The smallest absolute Gasteiger partial charge is 0.267 e. The van der Waals surface area contributed by atoms with Gasteiger partial charge >= 0.3 is 0 Å². The zero-order valence-corrected chi connectivity index (χ0v) is 15.0. The monoisotopic (exact) mass is 340 g/mol. The number of fused-ring (bicyclic) bond motifs is 1. The number of amides is 1. The van der Waals surface area contributed by atoms with Crippen molar-refractivity contribution in [2.75, 3.05) is 17.2 Å². The summed E-state index contributed by atoms with van der Waals surface area (Å²) in [5, 5.41) is 16.3. The van der Waals surface area contributed by atoms with E-state index in [1.165, 1.54) is 0 Å². The molecule has 0 saturated heterocycles. The Morgan fingerprint density at radius 2 is 2.04 bits per heavy atom. The van der Waals surface area contributed by atoms with Crippen LogP contribution in [0.4, 0.5) is 11.4 Å². The van der Waals surface area contributed by atoms with Crippen molar-refractivity contribution < 1.29 is 14.6 Å². The van der Waals surface area contributed by atoms with Crippen molar-refractivity contribution in [3.05, 3.63) is 47.5 Å². The molecular weight excluding hydrogens is 316 g/mol. The van der Waals surface area contributed by atoms with Crippen molar-refractivity contribution in [3.8, 4) is 11.5 Å². The van der Waals surface area contributed by atoms with E-state index >= 15 is 0 Å². The van der Waals surface area contributed by atoms with Crippen LogP contribution in [0.2, 0.25) is 0 Å². The van der Waals surface area contributed by atoms with E-state index in [4.69, 9.17) is 4.74 Å². The summed E-state index contributed by atoms with van der Waals surface area (Å²) >= 11 is 0. The number of aromatic hydroxyl groups is 1. The number of rotatable bonds is 2. The van der Waals surface area contributed by atoms with E-state index in [1.54, 1.807) is 12.1 Å². The van der Waals surface area contributed by atoms with E-state index in [-0.39, 0.29) is 17.1 Å². The van der Waals surface area contributed by atoms with Gasteiger partial charge in [0.2, 0.25) is 0 Å². The maximum atomic E-state index is 12.5. The fraction of sp³-hybridized carbons (Fsp3) is 0.350. The molecule has 3 N–H and O–H groups in total. The highest BCUT2D eigenvalue weighted by Gasteiger charge is 2.27. The Hall–Kier alpha value is -2.69. The van der Waals surface area contributed by atoms with Gasteiger partial charge in [0.15, 0.2) is 6.10 Å². The van der Waals surface area contributed by atoms with Gasteiger partial charge in [-0.25, -0.2) is 0 Å². The van der Waals surface area contributed by atoms with E-state index < -0.39 is 6.10 Å². The molecule has 0 fully saturated rings. The van der Waals surface area contributed by atoms with Crippen LogP contribution in [0, 0.1) is 6.92 Å². The number of para-hydroxylation sites is 1. The zero-order valence-electron chi connectivity index (χ0n) is 15.0. The summed E-state index contributed by atoms with van der Waals surface area (Å²) in [7, 11) is 0. The van der Waals surface area contributed by atoms with Crippen molar-refractivity contribution in [2.45, 2.75) is 39.2 Å². The molecule has 1 amide bonds. The molecule has 0 bridgehead atoms. The van der Waals surface area contributed by atoms with Gasteiger partial charge in [0.1, 0.15) is 11.5 Å². The second-order valence-corrected chi connectivity index (χ2v) is 7.41. The Bertz CT molecular complexity index is 809. The normalized spacial score (nSPS) is 16.4. The molecule has 5 nitrogen and oxygen atoms in total. The fourth-order valence-electron chi connectivity index (χ4n) is 2.95. The lowest BCUT2D eigenvalue weighted by atomic mass is 9.86. The Kier molecular flexibility index (Phi) is 4.33. The lowest BCUT2D eigenvalue weighted by Crippen LogP contribution is -2.41. The molecule has 0 aromatic heterocycles. The topological polar surface area (TPSA) is 70.6 Å². The summed E-state index contributed by atoms with van der Waals surface area (Å²) in [4.78, 5) is 12.5. The van der Waals surface area contributed by atoms with E-state index in [0.717, 1.165) is 16.8 Å². The van der Waals surface area contributed by atoms with E-state index in [1.807, 2.05) is 52.0 Å². The number of nitrogens with one attached hydrogen (secondary N) is 2. The summed E-state index contributed by atoms with van der Waals surface area (Å²) in [5.74, 6) is 0.637. The number of aryl methyl sites for hydroxylation is 1. The number of carbonyl (C=O) groups is 1. The highest BCUT2D eigenvalue weighted by molar-refractivity contribution is 5.95. The van der Waals surface area contributed by atoms with Crippen LogP contribution in [0.25, 0.3) is 0 Å². The third-order valence-electron chi connectivity index (χ3n) is 4.32. The zero-order chi connectivity index (χ0) is 18.2. The van der Waals surface area contributed by atoms with Gasteiger partial charge in [-0.1, -0.05) is 39.0 Å². The molecule has 0 saturated carbocycles. The Morgan fingerprint density at radius 3 is 2.72 bits per heavy atom. The molecule has 132 valence electrons. The third kappa shape index (κ3) is 3.55. The minimum atomic E-state index is -0.627. The van der Waals surface area contributed by atoms with Crippen molar-refractivity contribution in [2.24, 2.45) is 0 Å². The first kappa shape index (κ1) is 17.1. The maximum absolute atomic E-state index is 12.5. The van der Waals surface area contributed by atoms with Gasteiger partial charge < -0.3 is 20.5 Å². The van der Waals surface area contributed by atoms with Crippen molar-refractivity contribution in [3.63, 3.8) is 0 Å². The number of anilines is 2. The molecule has 1 aliphatic rings. The second-order valence-electron chi connectivity index (χ2n) is 7.41. The summed E-state index contributed by atoms with van der Waals surface area (Å²) in [6.07, 6.45) is -0.627. The first-order valence-corrected chi connectivity index (χ1v) is 8.40. The number of ether oxygens (including phenoxy) is 1. The average Bonchev–Trinajstić information content (AvgIpc) is 2.53. The van der Waals surface area contributed by atoms with Gasteiger partial charge in [0.05, 0.1) is 12.2 Å². The van der Waals surface area contributed by atoms with Crippen molar-refractivity contribution in [1.82, 2.24) is 0 Å². The van der Waals surface area contributed by atoms with E-state index in [9.17, 15) is 9.90 Å². The predicted molar refractivity (Wildman–Crippen MR) is 99.5 cm³/mol. The lowest BCUT2D eigenvalue weighted by molar-refractivity contribution is -0.122. The van der Waals surface area contributed by atoms with Gasteiger partial charge in [-0.15, -0.1) is 0 Å². The van der Waals surface area contributed by atoms with Crippen LogP contribution in [0.15, 0.2) is 36.4 Å². The molecule has 0 spiro atoms. The molecular formula is C20H24N2O3. The Morgan fingerprint density at radius 1 is 1.28 bits per heavy atom. The number of hydrogen-bond donors (Lipinski definition) is 3. The second kappa shape index (κ2) is 6.31. The van der Waals surface area contributed by atoms with Crippen LogP contribution in [0.3, 0.4) is 0 Å². The van der Waals surface area contributed by atoms with Crippen LogP contribution < -0.4 is 15.4 Å². The number of benzene rings is 2. The van der Waals surface area contributed by atoms with Crippen LogP contribution in [-0.4, -0.2) is 23.7 Å². The van der Waals surface area contributed by atoms with Gasteiger partial charge in [-0.05, 0) is 35.6 Å². The predicted octanol–water partition coefficient (Wildman–Crippen LogP) is 3.81. The van der Waals surface area contributed by atoms with Crippen molar-refractivity contribution >= 4 is 17.3 Å². The SMILES string of the molecule is Cc1cccc2c1OC(C(=O)Nc1ccc(C(C)(C)C)c(O)c1)CN2. The summed E-state index contributed by atoms with van der Waals surface area (Å²) < 4.78 is 5.87. The molecule has 3 rings (SSSR count).